The quantitative estimate of drug-likeness (QED) is 0.681. The van der Waals surface area contributed by atoms with E-state index in [-0.39, 0.29) is 29.0 Å². The maximum absolute atomic E-state index is 13.4. The van der Waals surface area contributed by atoms with E-state index < -0.39 is 11.9 Å². The van der Waals surface area contributed by atoms with Crippen molar-refractivity contribution in [2.24, 2.45) is 0 Å². The largest absolute Gasteiger partial charge is 0.433 e. The number of alkyl halides is 3. The normalized spacial score (nSPS) is 18.2. The average molecular weight is 424 g/mol. The smallest absolute Gasteiger partial charge is 0.356 e. The number of halogens is 3. The van der Waals surface area contributed by atoms with Gasteiger partial charge in [0.1, 0.15) is 5.82 Å². The average Bonchev–Trinajstić information content (AvgIpc) is 2.68. The van der Waals surface area contributed by atoms with Gasteiger partial charge in [0.25, 0.3) is 0 Å². The summed E-state index contributed by atoms with van der Waals surface area (Å²) in [4.78, 5) is 9.86. The predicted molar refractivity (Wildman–Crippen MR) is 112 cm³/mol. The van der Waals surface area contributed by atoms with Crippen molar-refractivity contribution in [2.75, 3.05) is 16.8 Å². The second-order valence-electron chi connectivity index (χ2n) is 7.20. The highest BCUT2D eigenvalue weighted by Crippen LogP contribution is 2.32. The molecule has 0 aliphatic carbocycles. The van der Waals surface area contributed by atoms with Gasteiger partial charge >= 0.3 is 6.18 Å². The lowest BCUT2D eigenvalue weighted by Gasteiger charge is -2.34. The van der Waals surface area contributed by atoms with E-state index >= 15 is 0 Å². The Bertz CT molecular complexity index is 844. The first-order valence-corrected chi connectivity index (χ1v) is 10.0. The van der Waals surface area contributed by atoms with Gasteiger partial charge in [0, 0.05) is 18.7 Å². The van der Waals surface area contributed by atoms with Gasteiger partial charge in [-0.1, -0.05) is 30.3 Å². The van der Waals surface area contributed by atoms with Crippen LogP contribution in [0, 0.1) is 0 Å². The lowest BCUT2D eigenvalue weighted by molar-refractivity contribution is -0.141. The fourth-order valence-corrected chi connectivity index (χ4v) is 3.65. The molecule has 5 nitrogen and oxygen atoms in total. The van der Waals surface area contributed by atoms with Crippen molar-refractivity contribution >= 4 is 29.1 Å². The summed E-state index contributed by atoms with van der Waals surface area (Å²) < 4.78 is 40.2. The molecule has 2 N–H and O–H groups in total. The third kappa shape index (κ3) is 5.56. The van der Waals surface area contributed by atoms with Gasteiger partial charge < -0.3 is 15.5 Å². The fourth-order valence-electron chi connectivity index (χ4n) is 3.38. The third-order valence-electron chi connectivity index (χ3n) is 4.97. The Morgan fingerprint density at radius 2 is 1.93 bits per heavy atom. The van der Waals surface area contributed by atoms with Crippen molar-refractivity contribution in [1.82, 2.24) is 15.3 Å². The third-order valence-corrected chi connectivity index (χ3v) is 5.19. The molecule has 0 radical (unpaired) electrons. The summed E-state index contributed by atoms with van der Waals surface area (Å²) in [6.45, 7) is 4.58. The Morgan fingerprint density at radius 3 is 2.59 bits per heavy atom. The van der Waals surface area contributed by atoms with Crippen molar-refractivity contribution in [2.45, 2.75) is 51.4 Å². The van der Waals surface area contributed by atoms with Crippen LogP contribution in [0.15, 0.2) is 36.4 Å². The molecule has 0 saturated carbocycles. The molecule has 1 aliphatic heterocycles. The van der Waals surface area contributed by atoms with E-state index in [0.717, 1.165) is 30.9 Å². The Hall–Kier alpha value is -2.42. The topological polar surface area (TPSA) is 53.1 Å². The highest BCUT2D eigenvalue weighted by Gasteiger charge is 2.35. The summed E-state index contributed by atoms with van der Waals surface area (Å²) in [7, 11) is 0. The number of hydrogen-bond donors (Lipinski definition) is 2. The molecule has 1 saturated heterocycles. The van der Waals surface area contributed by atoms with E-state index in [1.165, 1.54) is 0 Å². The van der Waals surface area contributed by atoms with Crippen molar-refractivity contribution in [3.63, 3.8) is 0 Å². The molecule has 1 aromatic carbocycles. The number of rotatable bonds is 4. The molecule has 3 rings (SSSR count). The molecule has 2 atom stereocenters. The van der Waals surface area contributed by atoms with Gasteiger partial charge in [0.15, 0.2) is 10.8 Å². The van der Waals surface area contributed by atoms with Gasteiger partial charge in [-0.15, -0.1) is 0 Å². The molecule has 1 fully saturated rings. The Balaban J connectivity index is 1.80. The maximum Gasteiger partial charge on any atom is 0.433 e. The summed E-state index contributed by atoms with van der Waals surface area (Å²) in [5.74, 6) is 0.103. The monoisotopic (exact) mass is 423 g/mol. The van der Waals surface area contributed by atoms with Gasteiger partial charge in [-0.05, 0) is 50.9 Å². The molecule has 0 unspecified atom stereocenters. The van der Waals surface area contributed by atoms with Crippen LogP contribution in [0.1, 0.15) is 50.4 Å². The zero-order valence-corrected chi connectivity index (χ0v) is 17.1. The van der Waals surface area contributed by atoms with Crippen LogP contribution in [0.4, 0.5) is 24.9 Å². The minimum absolute atomic E-state index is 0.121. The minimum Gasteiger partial charge on any atom is -0.356 e. The molecule has 9 heteroatoms. The van der Waals surface area contributed by atoms with Crippen LogP contribution in [-0.4, -0.2) is 27.7 Å². The van der Waals surface area contributed by atoms with Crippen LogP contribution < -0.4 is 15.5 Å². The number of nitrogens with one attached hydrogen (secondary N) is 2. The predicted octanol–water partition coefficient (Wildman–Crippen LogP) is 4.92. The summed E-state index contributed by atoms with van der Waals surface area (Å²) >= 11 is 5.27. The Morgan fingerprint density at radius 1 is 1.21 bits per heavy atom. The number of nitrogens with zero attached hydrogens (tertiary/aromatic N) is 3. The lowest BCUT2D eigenvalue weighted by Crippen LogP contribution is -2.38. The number of benzene rings is 1. The maximum atomic E-state index is 13.4. The first-order valence-electron chi connectivity index (χ1n) is 9.59. The van der Waals surface area contributed by atoms with Gasteiger partial charge in [-0.25, -0.2) is 4.98 Å². The van der Waals surface area contributed by atoms with Gasteiger partial charge in [-0.2, -0.15) is 18.2 Å². The first-order chi connectivity index (χ1) is 13.7. The van der Waals surface area contributed by atoms with Crippen molar-refractivity contribution < 1.29 is 13.2 Å². The van der Waals surface area contributed by atoms with Gasteiger partial charge in [0.2, 0.25) is 5.95 Å². The molecule has 0 spiro atoms. The highest BCUT2D eigenvalue weighted by molar-refractivity contribution is 7.80. The molecule has 2 aromatic rings. The van der Waals surface area contributed by atoms with Crippen LogP contribution in [0.3, 0.4) is 0 Å². The van der Waals surface area contributed by atoms with Gasteiger partial charge in [0.05, 0.1) is 6.04 Å². The number of anilines is 2. The SMILES string of the molecule is C[C@H](NC(=S)Nc1nc(N2CCCC[C@@H]2C)cc(C(F)(F)F)n1)c1ccccc1. The number of thiocarbonyl (C=S) groups is 1. The Labute approximate surface area is 173 Å². The standard InChI is InChI=1S/C20H24F3N5S/c1-13-8-6-7-11-28(13)17-12-16(20(21,22)23)25-18(26-17)27-19(29)24-14(2)15-9-4-3-5-10-15/h3-5,9-10,12-14H,6-8,11H2,1-2H3,(H2,24,25,26,27,29)/t13-,14-/m0/s1. The van der Waals surface area contributed by atoms with E-state index in [4.69, 9.17) is 12.2 Å². The fraction of sp³-hybridized carbons (Fsp3) is 0.450. The summed E-state index contributed by atoms with van der Waals surface area (Å²) in [5, 5.41) is 5.94. The molecule has 1 aromatic heterocycles. The summed E-state index contributed by atoms with van der Waals surface area (Å²) in [5.41, 5.74) is 0.0196. The molecule has 29 heavy (non-hydrogen) atoms. The molecular weight excluding hydrogens is 399 g/mol. The van der Waals surface area contributed by atoms with E-state index in [0.29, 0.717) is 6.54 Å². The van der Waals surface area contributed by atoms with Crippen LogP contribution in [0.5, 0.6) is 0 Å². The number of piperidine rings is 1. The molecule has 1 aliphatic rings. The van der Waals surface area contributed by atoms with Gasteiger partial charge in [-0.3, -0.25) is 0 Å². The summed E-state index contributed by atoms with van der Waals surface area (Å²) in [6.07, 6.45) is -1.67. The minimum atomic E-state index is -4.57. The Kier molecular flexibility index (Phi) is 6.56. The van der Waals surface area contributed by atoms with Crippen molar-refractivity contribution in [1.29, 1.82) is 0 Å². The first kappa shape index (κ1) is 21.3. The van der Waals surface area contributed by atoms with Crippen LogP contribution in [0.2, 0.25) is 0 Å². The van der Waals surface area contributed by atoms with Crippen LogP contribution >= 0.6 is 12.2 Å². The molecule has 0 amide bonds. The second-order valence-corrected chi connectivity index (χ2v) is 7.61. The van der Waals surface area contributed by atoms with E-state index in [1.54, 1.807) is 0 Å². The van der Waals surface area contributed by atoms with E-state index in [2.05, 4.69) is 20.6 Å². The lowest BCUT2D eigenvalue weighted by atomic mass is 10.0. The second kappa shape index (κ2) is 8.94. The zero-order valence-electron chi connectivity index (χ0n) is 16.3. The zero-order chi connectivity index (χ0) is 21.0. The molecule has 0 bridgehead atoms. The number of hydrogen-bond acceptors (Lipinski definition) is 4. The molecule has 156 valence electrons. The van der Waals surface area contributed by atoms with Crippen molar-refractivity contribution in [3.05, 3.63) is 47.7 Å². The molecular formula is C20H24F3N5S. The van der Waals surface area contributed by atoms with Crippen molar-refractivity contribution in [3.8, 4) is 0 Å². The van der Waals surface area contributed by atoms with Crippen LogP contribution in [0.25, 0.3) is 0 Å². The van der Waals surface area contributed by atoms with E-state index in [1.807, 2.05) is 49.1 Å². The summed E-state index contributed by atoms with van der Waals surface area (Å²) in [6, 6.07) is 10.6. The van der Waals surface area contributed by atoms with E-state index in [9.17, 15) is 13.2 Å². The number of aromatic nitrogens is 2. The van der Waals surface area contributed by atoms with Crippen LogP contribution in [-0.2, 0) is 6.18 Å². The molecule has 2 heterocycles. The highest BCUT2D eigenvalue weighted by atomic mass is 32.1.